The van der Waals surface area contributed by atoms with Crippen molar-refractivity contribution >= 4 is 41.5 Å². The van der Waals surface area contributed by atoms with Gasteiger partial charge in [-0.05, 0) is 41.9 Å². The lowest BCUT2D eigenvalue weighted by atomic mass is 9.78. The Labute approximate surface area is 317 Å². The van der Waals surface area contributed by atoms with Crippen molar-refractivity contribution in [2.24, 2.45) is 22.2 Å². The minimum Gasteiger partial charge on any atom is -0.354 e. The SMILES string of the molecule is C=C1CC(CC(C)(C)C)C(=O)NC(CC(C)(C)C)C(=O)NCCC(=O)NCCN(C(=O)CC)CC(=O)NCCN(C(=O)CC)C(=O)NC1CC(C)(C)C. The van der Waals surface area contributed by atoms with Gasteiger partial charge in [-0.3, -0.25) is 33.7 Å². The van der Waals surface area contributed by atoms with E-state index < -0.39 is 41.8 Å². The molecule has 8 amide bonds. The van der Waals surface area contributed by atoms with Gasteiger partial charge in [0, 0.05) is 57.9 Å². The highest BCUT2D eigenvalue weighted by molar-refractivity contribution is 5.95. The van der Waals surface area contributed by atoms with Crippen LogP contribution in [0.1, 0.15) is 121 Å². The predicted molar refractivity (Wildman–Crippen MR) is 206 cm³/mol. The zero-order valence-corrected chi connectivity index (χ0v) is 34.4. The highest BCUT2D eigenvalue weighted by atomic mass is 16.2. The monoisotopic (exact) mass is 748 g/mol. The molecule has 1 aliphatic heterocycles. The molecular weight excluding hydrogens is 678 g/mol. The molecule has 302 valence electrons. The lowest BCUT2D eigenvalue weighted by Gasteiger charge is -2.34. The molecule has 53 heavy (non-hydrogen) atoms. The van der Waals surface area contributed by atoms with E-state index >= 15 is 0 Å². The molecule has 1 heterocycles. The number of urea groups is 1. The molecule has 1 rings (SSSR count). The van der Waals surface area contributed by atoms with E-state index in [0.29, 0.717) is 24.8 Å². The summed E-state index contributed by atoms with van der Waals surface area (Å²) in [5.74, 6) is -2.87. The van der Waals surface area contributed by atoms with Crippen LogP contribution >= 0.6 is 0 Å². The molecule has 14 heteroatoms. The zero-order chi connectivity index (χ0) is 40.7. The summed E-state index contributed by atoms with van der Waals surface area (Å²) in [5, 5.41) is 14.2. The van der Waals surface area contributed by atoms with Gasteiger partial charge in [-0.1, -0.05) is 88.3 Å². The van der Waals surface area contributed by atoms with E-state index in [1.165, 1.54) is 4.90 Å². The van der Waals surface area contributed by atoms with Crippen molar-refractivity contribution in [2.45, 2.75) is 133 Å². The van der Waals surface area contributed by atoms with Crippen molar-refractivity contribution < 1.29 is 33.6 Å². The molecule has 0 radical (unpaired) electrons. The first kappa shape index (κ1) is 47.1. The van der Waals surface area contributed by atoms with Crippen LogP contribution in [0.3, 0.4) is 0 Å². The van der Waals surface area contributed by atoms with Crippen LogP contribution in [-0.2, 0) is 28.8 Å². The Balaban J connectivity index is 3.59. The molecule has 0 aromatic rings. The van der Waals surface area contributed by atoms with Gasteiger partial charge in [0.2, 0.25) is 35.4 Å². The maximum Gasteiger partial charge on any atom is 0.324 e. The van der Waals surface area contributed by atoms with Crippen molar-refractivity contribution in [3.63, 3.8) is 0 Å². The van der Waals surface area contributed by atoms with Crippen molar-refractivity contribution in [2.75, 3.05) is 39.3 Å². The van der Waals surface area contributed by atoms with Gasteiger partial charge in [-0.25, -0.2) is 4.79 Å². The van der Waals surface area contributed by atoms with Crippen molar-refractivity contribution in [1.29, 1.82) is 0 Å². The second-order valence-corrected chi connectivity index (χ2v) is 17.7. The molecule has 0 spiro atoms. The van der Waals surface area contributed by atoms with Crippen LogP contribution in [-0.4, -0.2) is 103 Å². The first-order valence-corrected chi connectivity index (χ1v) is 19.0. The van der Waals surface area contributed by atoms with Crippen LogP contribution in [0.15, 0.2) is 12.2 Å². The van der Waals surface area contributed by atoms with Gasteiger partial charge < -0.3 is 31.5 Å². The zero-order valence-electron chi connectivity index (χ0n) is 34.4. The average molecular weight is 748 g/mol. The van der Waals surface area contributed by atoms with E-state index in [1.807, 2.05) is 62.3 Å². The van der Waals surface area contributed by atoms with Gasteiger partial charge in [0.1, 0.15) is 6.04 Å². The summed E-state index contributed by atoms with van der Waals surface area (Å²) in [6.07, 6.45) is 1.68. The van der Waals surface area contributed by atoms with Crippen LogP contribution in [0.2, 0.25) is 0 Å². The number of hydrogen-bond acceptors (Lipinski definition) is 7. The lowest BCUT2D eigenvalue weighted by molar-refractivity contribution is -0.136. The van der Waals surface area contributed by atoms with Crippen LogP contribution < -0.4 is 26.6 Å². The lowest BCUT2D eigenvalue weighted by Crippen LogP contribution is -2.52. The Morgan fingerprint density at radius 3 is 1.74 bits per heavy atom. The van der Waals surface area contributed by atoms with Crippen LogP contribution in [0.5, 0.6) is 0 Å². The summed E-state index contributed by atoms with van der Waals surface area (Å²) in [4.78, 5) is 94.9. The van der Waals surface area contributed by atoms with Crippen molar-refractivity contribution in [3.8, 4) is 0 Å². The Morgan fingerprint density at radius 2 is 1.19 bits per heavy atom. The first-order chi connectivity index (χ1) is 24.4. The quantitative estimate of drug-likeness (QED) is 0.266. The van der Waals surface area contributed by atoms with Gasteiger partial charge in [0.05, 0.1) is 12.6 Å². The van der Waals surface area contributed by atoms with Crippen molar-refractivity contribution in [1.82, 2.24) is 36.4 Å². The first-order valence-electron chi connectivity index (χ1n) is 19.0. The molecule has 3 unspecified atom stereocenters. The molecule has 1 aliphatic rings. The fourth-order valence-corrected chi connectivity index (χ4v) is 6.13. The van der Waals surface area contributed by atoms with Crippen LogP contribution in [0.4, 0.5) is 4.79 Å². The normalized spacial score (nSPS) is 22.1. The molecule has 0 bridgehead atoms. The van der Waals surface area contributed by atoms with E-state index in [4.69, 9.17) is 0 Å². The maximum absolute atomic E-state index is 14.1. The smallest absolute Gasteiger partial charge is 0.324 e. The van der Waals surface area contributed by atoms with Gasteiger partial charge >= 0.3 is 6.03 Å². The molecule has 5 N–H and O–H groups in total. The molecule has 0 aromatic heterocycles. The summed E-state index contributed by atoms with van der Waals surface area (Å²) in [6.45, 7) is 25.5. The minimum absolute atomic E-state index is 0.0233. The second-order valence-electron chi connectivity index (χ2n) is 17.7. The fourth-order valence-electron chi connectivity index (χ4n) is 6.13. The summed E-state index contributed by atoms with van der Waals surface area (Å²) in [7, 11) is 0. The molecule has 0 saturated carbocycles. The molecule has 0 aliphatic carbocycles. The highest BCUT2D eigenvalue weighted by Gasteiger charge is 2.34. The van der Waals surface area contributed by atoms with E-state index in [2.05, 4.69) is 33.2 Å². The molecule has 1 saturated heterocycles. The topological polar surface area (TPSA) is 186 Å². The van der Waals surface area contributed by atoms with Gasteiger partial charge in [0.25, 0.3) is 0 Å². The van der Waals surface area contributed by atoms with Gasteiger partial charge in [-0.2, -0.15) is 0 Å². The highest BCUT2D eigenvalue weighted by Crippen LogP contribution is 2.32. The van der Waals surface area contributed by atoms with E-state index in [1.54, 1.807) is 13.8 Å². The molecule has 14 nitrogen and oxygen atoms in total. The third-order valence-corrected chi connectivity index (χ3v) is 8.65. The molecule has 0 aromatic carbocycles. The number of carbonyl (C=O) groups is 7. The summed E-state index contributed by atoms with van der Waals surface area (Å²) < 4.78 is 0. The average Bonchev–Trinajstić information content (AvgIpc) is 3.02. The van der Waals surface area contributed by atoms with E-state index in [0.717, 1.165) is 4.90 Å². The number of rotatable bonds is 5. The Kier molecular flexibility index (Phi) is 18.7. The third-order valence-electron chi connectivity index (χ3n) is 8.65. The summed E-state index contributed by atoms with van der Waals surface area (Å²) in [6, 6.07) is -2.11. The van der Waals surface area contributed by atoms with Crippen LogP contribution in [0, 0.1) is 22.2 Å². The Bertz CT molecular complexity index is 1310. The molecule has 3 atom stereocenters. The number of nitrogens with zero attached hydrogens (tertiary/aromatic N) is 2. The Morgan fingerprint density at radius 1 is 0.660 bits per heavy atom. The third kappa shape index (κ3) is 19.1. The minimum atomic E-state index is -0.870. The Hall–Kier alpha value is -3.97. The largest absolute Gasteiger partial charge is 0.354 e. The number of amides is 8. The summed E-state index contributed by atoms with van der Waals surface area (Å²) in [5.41, 5.74) is -0.250. The maximum atomic E-state index is 14.1. The molecule has 1 fully saturated rings. The molecular formula is C39H69N7O7. The van der Waals surface area contributed by atoms with Gasteiger partial charge in [0.15, 0.2) is 0 Å². The number of carbonyl (C=O) groups excluding carboxylic acids is 7. The standard InChI is InChI=1S/C39H69N7O7/c1-13-32(49)45-19-17-40-30(47)15-16-42-35(52)29(24-39(10,11)12)43-34(51)27(22-37(4,5)6)21-26(3)28(23-38(7,8)9)44-36(53)46(33(50)14-2)20-18-41-31(48)25-45/h27-29H,3,13-25H2,1-2,4-12H3,(H,40,47)(H,41,48)(H,42,52)(H,43,51)(H,44,53). The van der Waals surface area contributed by atoms with Gasteiger partial charge in [-0.15, -0.1) is 0 Å². The summed E-state index contributed by atoms with van der Waals surface area (Å²) >= 11 is 0. The number of imide groups is 1. The van der Waals surface area contributed by atoms with E-state index in [9.17, 15) is 33.6 Å². The van der Waals surface area contributed by atoms with Crippen LogP contribution in [0.25, 0.3) is 0 Å². The second kappa shape index (κ2) is 21.1. The fraction of sp³-hybridized carbons (Fsp3) is 0.769. The number of hydrogen-bond donors (Lipinski definition) is 5. The predicted octanol–water partition coefficient (Wildman–Crippen LogP) is 3.65. The number of nitrogens with one attached hydrogen (secondary N) is 5. The van der Waals surface area contributed by atoms with Crippen molar-refractivity contribution in [3.05, 3.63) is 12.2 Å². The van der Waals surface area contributed by atoms with E-state index in [-0.39, 0.29) is 98.9 Å².